The predicted octanol–water partition coefficient (Wildman–Crippen LogP) is 1.46. The number of hydrogen-bond acceptors (Lipinski definition) is 2. The van der Waals surface area contributed by atoms with Gasteiger partial charge in [0.05, 0.1) is 4.75 Å². The number of hydrogen-bond donors (Lipinski definition) is 0. The zero-order chi connectivity index (χ0) is 9.28. The SMILES string of the molecule is CC(C)(C)S(=O)(=O)CC(F)F. The van der Waals surface area contributed by atoms with E-state index in [0.717, 1.165) is 0 Å². The molecule has 0 aliphatic heterocycles. The van der Waals surface area contributed by atoms with Crippen LogP contribution in [0.3, 0.4) is 0 Å². The monoisotopic (exact) mass is 186 g/mol. The quantitative estimate of drug-likeness (QED) is 0.654. The van der Waals surface area contributed by atoms with E-state index in [0.29, 0.717) is 0 Å². The summed E-state index contributed by atoms with van der Waals surface area (Å²) >= 11 is 0. The van der Waals surface area contributed by atoms with Crippen LogP contribution in [-0.4, -0.2) is 25.3 Å². The normalized spacial score (nSPS) is 14.0. The molecule has 2 nitrogen and oxygen atoms in total. The van der Waals surface area contributed by atoms with E-state index in [9.17, 15) is 17.2 Å². The first-order chi connectivity index (χ1) is 4.67. The van der Waals surface area contributed by atoms with Crippen molar-refractivity contribution >= 4 is 9.84 Å². The molecule has 0 amide bonds. The molecule has 0 heterocycles. The van der Waals surface area contributed by atoms with Crippen LogP contribution in [-0.2, 0) is 9.84 Å². The summed E-state index contributed by atoms with van der Waals surface area (Å²) < 4.78 is 44.2. The van der Waals surface area contributed by atoms with Gasteiger partial charge in [-0.15, -0.1) is 0 Å². The lowest BCUT2D eigenvalue weighted by atomic mass is 10.3. The number of sulfone groups is 1. The highest BCUT2D eigenvalue weighted by molar-refractivity contribution is 7.92. The fourth-order valence-corrected chi connectivity index (χ4v) is 1.25. The fourth-order valence-electron chi connectivity index (χ4n) is 0.416. The second-order valence-electron chi connectivity index (χ2n) is 3.28. The van der Waals surface area contributed by atoms with Crippen LogP contribution in [0, 0.1) is 0 Å². The maximum absolute atomic E-state index is 11.7. The molecule has 0 unspecified atom stereocenters. The third-order valence-electron chi connectivity index (χ3n) is 1.28. The van der Waals surface area contributed by atoms with Crippen LogP contribution in [0.5, 0.6) is 0 Å². The first kappa shape index (κ1) is 10.8. The molecule has 0 spiro atoms. The van der Waals surface area contributed by atoms with Gasteiger partial charge in [-0.25, -0.2) is 17.2 Å². The molecule has 0 aliphatic rings. The zero-order valence-corrected chi connectivity index (χ0v) is 7.58. The molecule has 0 radical (unpaired) electrons. The lowest BCUT2D eigenvalue weighted by Crippen LogP contribution is -2.32. The van der Waals surface area contributed by atoms with Gasteiger partial charge in [0.1, 0.15) is 5.75 Å². The number of halogens is 2. The summed E-state index contributed by atoms with van der Waals surface area (Å²) in [7, 11) is -3.65. The van der Waals surface area contributed by atoms with Gasteiger partial charge in [-0.3, -0.25) is 0 Å². The highest BCUT2D eigenvalue weighted by atomic mass is 32.2. The smallest absolute Gasteiger partial charge is 0.228 e. The molecule has 68 valence electrons. The Kier molecular flexibility index (Phi) is 2.99. The van der Waals surface area contributed by atoms with Gasteiger partial charge in [-0.1, -0.05) is 0 Å². The van der Waals surface area contributed by atoms with Gasteiger partial charge in [0.25, 0.3) is 6.43 Å². The minimum Gasteiger partial charge on any atom is -0.228 e. The maximum Gasteiger partial charge on any atom is 0.252 e. The van der Waals surface area contributed by atoms with Crippen molar-refractivity contribution in [1.82, 2.24) is 0 Å². The Hall–Kier alpha value is -0.190. The maximum atomic E-state index is 11.7. The summed E-state index contributed by atoms with van der Waals surface area (Å²) in [6.07, 6.45) is -2.78. The van der Waals surface area contributed by atoms with E-state index in [-0.39, 0.29) is 0 Å². The van der Waals surface area contributed by atoms with Crippen LogP contribution in [0.1, 0.15) is 20.8 Å². The van der Waals surface area contributed by atoms with Crippen molar-refractivity contribution in [2.45, 2.75) is 31.9 Å². The lowest BCUT2D eigenvalue weighted by Gasteiger charge is -2.18. The third kappa shape index (κ3) is 3.14. The average molecular weight is 186 g/mol. The Morgan fingerprint density at radius 3 is 1.73 bits per heavy atom. The molecule has 5 heteroatoms. The summed E-state index contributed by atoms with van der Waals surface area (Å²) in [5.41, 5.74) is 0. The average Bonchev–Trinajstić information content (AvgIpc) is 1.56. The Labute approximate surface area is 65.5 Å². The Balaban J connectivity index is 4.51. The summed E-state index contributed by atoms with van der Waals surface area (Å²) in [5, 5.41) is 0. The first-order valence-corrected chi connectivity index (χ1v) is 4.82. The highest BCUT2D eigenvalue weighted by Crippen LogP contribution is 2.17. The van der Waals surface area contributed by atoms with Crippen molar-refractivity contribution in [1.29, 1.82) is 0 Å². The molecule has 0 aliphatic carbocycles. The molecule has 0 rings (SSSR count). The van der Waals surface area contributed by atoms with Crippen molar-refractivity contribution in [3.63, 3.8) is 0 Å². The number of alkyl halides is 2. The van der Waals surface area contributed by atoms with Crippen molar-refractivity contribution < 1.29 is 17.2 Å². The van der Waals surface area contributed by atoms with E-state index in [1.54, 1.807) is 0 Å². The molecule has 0 aromatic rings. The zero-order valence-electron chi connectivity index (χ0n) is 6.77. The predicted molar refractivity (Wildman–Crippen MR) is 39.5 cm³/mol. The van der Waals surface area contributed by atoms with E-state index in [1.165, 1.54) is 20.8 Å². The molecule has 0 saturated carbocycles. The van der Waals surface area contributed by atoms with Crippen molar-refractivity contribution in [2.75, 3.05) is 5.75 Å². The van der Waals surface area contributed by atoms with Crippen LogP contribution in [0.2, 0.25) is 0 Å². The van der Waals surface area contributed by atoms with E-state index in [2.05, 4.69) is 0 Å². The largest absolute Gasteiger partial charge is 0.252 e. The van der Waals surface area contributed by atoms with Crippen LogP contribution in [0.4, 0.5) is 8.78 Å². The molecular formula is C6H12F2O2S. The standard InChI is InChI=1S/C6H12F2O2S/c1-6(2,3)11(9,10)4-5(7)8/h5H,4H2,1-3H3. The van der Waals surface area contributed by atoms with Gasteiger partial charge < -0.3 is 0 Å². The van der Waals surface area contributed by atoms with Crippen LogP contribution < -0.4 is 0 Å². The van der Waals surface area contributed by atoms with Crippen LogP contribution in [0.25, 0.3) is 0 Å². The molecule has 0 bridgehead atoms. The topological polar surface area (TPSA) is 34.1 Å². The van der Waals surface area contributed by atoms with Crippen LogP contribution >= 0.6 is 0 Å². The lowest BCUT2D eigenvalue weighted by molar-refractivity contribution is 0.173. The molecule has 11 heavy (non-hydrogen) atoms. The highest BCUT2D eigenvalue weighted by Gasteiger charge is 2.31. The van der Waals surface area contributed by atoms with Gasteiger partial charge in [-0.05, 0) is 20.8 Å². The fraction of sp³-hybridized carbons (Fsp3) is 1.00. The Bertz CT molecular complexity index is 213. The van der Waals surface area contributed by atoms with Gasteiger partial charge in [0.15, 0.2) is 9.84 Å². The second-order valence-corrected chi connectivity index (χ2v) is 6.07. The van der Waals surface area contributed by atoms with Crippen molar-refractivity contribution in [3.8, 4) is 0 Å². The third-order valence-corrected chi connectivity index (χ3v) is 3.84. The van der Waals surface area contributed by atoms with E-state index < -0.39 is 26.8 Å². The number of rotatable bonds is 2. The van der Waals surface area contributed by atoms with Crippen LogP contribution in [0.15, 0.2) is 0 Å². The summed E-state index contributed by atoms with van der Waals surface area (Å²) in [6, 6.07) is 0. The van der Waals surface area contributed by atoms with E-state index >= 15 is 0 Å². The summed E-state index contributed by atoms with van der Waals surface area (Å²) in [5.74, 6) is -1.05. The Morgan fingerprint density at radius 1 is 1.27 bits per heavy atom. The van der Waals surface area contributed by atoms with Crippen molar-refractivity contribution in [3.05, 3.63) is 0 Å². The van der Waals surface area contributed by atoms with E-state index in [4.69, 9.17) is 0 Å². The molecule has 0 N–H and O–H groups in total. The minimum absolute atomic E-state index is 1.05. The molecular weight excluding hydrogens is 174 g/mol. The summed E-state index contributed by atoms with van der Waals surface area (Å²) in [6.45, 7) is 4.22. The molecule has 0 aromatic carbocycles. The minimum atomic E-state index is -3.65. The van der Waals surface area contributed by atoms with Crippen molar-refractivity contribution in [2.24, 2.45) is 0 Å². The first-order valence-electron chi connectivity index (χ1n) is 3.17. The molecule has 0 fully saturated rings. The molecule has 0 saturated heterocycles. The Morgan fingerprint density at radius 2 is 1.64 bits per heavy atom. The van der Waals surface area contributed by atoms with E-state index in [1.807, 2.05) is 0 Å². The summed E-state index contributed by atoms with van der Waals surface area (Å²) in [4.78, 5) is 0. The molecule has 0 atom stereocenters. The molecule has 0 aromatic heterocycles. The van der Waals surface area contributed by atoms with Gasteiger partial charge in [-0.2, -0.15) is 0 Å². The second kappa shape index (κ2) is 3.05. The van der Waals surface area contributed by atoms with Gasteiger partial charge in [0, 0.05) is 0 Å². The van der Waals surface area contributed by atoms with Gasteiger partial charge in [0.2, 0.25) is 0 Å². The van der Waals surface area contributed by atoms with Gasteiger partial charge >= 0.3 is 0 Å².